The van der Waals surface area contributed by atoms with Gasteiger partial charge in [-0.25, -0.2) is 0 Å². The van der Waals surface area contributed by atoms with Crippen molar-refractivity contribution in [2.75, 3.05) is 26.7 Å². The summed E-state index contributed by atoms with van der Waals surface area (Å²) in [5.41, 5.74) is -1.66. The highest BCUT2D eigenvalue weighted by atomic mass is 16.5. The van der Waals surface area contributed by atoms with Gasteiger partial charge in [0.25, 0.3) is 0 Å². The molecule has 2 saturated heterocycles. The predicted octanol–water partition coefficient (Wildman–Crippen LogP) is 1.05. The fourth-order valence-electron chi connectivity index (χ4n) is 4.90. The number of ether oxygens (including phenoxy) is 1. The van der Waals surface area contributed by atoms with Gasteiger partial charge in [0, 0.05) is 19.0 Å². The van der Waals surface area contributed by atoms with E-state index >= 15 is 0 Å². The molecule has 6 heteroatoms. The molecule has 3 fully saturated rings. The van der Waals surface area contributed by atoms with E-state index in [1.807, 2.05) is 18.9 Å². The molecule has 0 aromatic heterocycles. The Kier molecular flexibility index (Phi) is 5.73. The molecule has 6 nitrogen and oxygen atoms in total. The van der Waals surface area contributed by atoms with E-state index in [0.717, 1.165) is 38.5 Å². The van der Waals surface area contributed by atoms with Gasteiger partial charge in [0.1, 0.15) is 0 Å². The van der Waals surface area contributed by atoms with E-state index < -0.39 is 11.2 Å². The van der Waals surface area contributed by atoms with E-state index in [2.05, 4.69) is 5.32 Å². The Labute approximate surface area is 150 Å². The van der Waals surface area contributed by atoms with Crippen LogP contribution in [0.5, 0.6) is 0 Å². The molecule has 0 radical (unpaired) electrons. The quantitative estimate of drug-likeness (QED) is 0.706. The zero-order chi connectivity index (χ0) is 18.1. The van der Waals surface area contributed by atoms with Gasteiger partial charge in [0.2, 0.25) is 5.91 Å². The molecule has 1 amide bonds. The molecule has 25 heavy (non-hydrogen) atoms. The van der Waals surface area contributed by atoms with Crippen LogP contribution in [0.2, 0.25) is 0 Å². The van der Waals surface area contributed by atoms with Crippen LogP contribution in [0.3, 0.4) is 0 Å². The van der Waals surface area contributed by atoms with Gasteiger partial charge in [0.15, 0.2) is 0 Å². The first kappa shape index (κ1) is 19.1. The van der Waals surface area contributed by atoms with Crippen molar-refractivity contribution in [3.8, 4) is 0 Å². The SMILES string of the molecule is CN[C@@H]1CO[C@@H]2CCN(C(=O)CC3(O)CCCCC3)C[C@@H]2C[C@@]1(C)O. The molecule has 4 atom stereocenters. The van der Waals surface area contributed by atoms with E-state index in [9.17, 15) is 15.0 Å². The van der Waals surface area contributed by atoms with Crippen molar-refractivity contribution >= 4 is 5.91 Å². The number of aliphatic hydroxyl groups is 2. The third-order valence-corrected chi connectivity index (χ3v) is 6.53. The third-order valence-electron chi connectivity index (χ3n) is 6.53. The Bertz CT molecular complexity index is 476. The van der Waals surface area contributed by atoms with E-state index in [-0.39, 0.29) is 30.4 Å². The Hall–Kier alpha value is -0.690. The molecule has 2 heterocycles. The van der Waals surface area contributed by atoms with Gasteiger partial charge in [0.05, 0.1) is 36.4 Å². The first-order chi connectivity index (χ1) is 11.8. The smallest absolute Gasteiger partial charge is 0.225 e. The third kappa shape index (κ3) is 4.35. The van der Waals surface area contributed by atoms with E-state index in [1.54, 1.807) is 0 Å². The van der Waals surface area contributed by atoms with Gasteiger partial charge < -0.3 is 25.2 Å². The van der Waals surface area contributed by atoms with Crippen molar-refractivity contribution in [1.29, 1.82) is 0 Å². The number of fused-ring (bicyclic) bond motifs is 1. The Balaban J connectivity index is 1.62. The number of amides is 1. The highest BCUT2D eigenvalue weighted by molar-refractivity contribution is 5.77. The first-order valence-electron chi connectivity index (χ1n) is 9.84. The minimum absolute atomic E-state index is 0.0527. The van der Waals surface area contributed by atoms with Crippen LogP contribution >= 0.6 is 0 Å². The van der Waals surface area contributed by atoms with Gasteiger partial charge in [-0.05, 0) is 39.7 Å². The second-order valence-electron chi connectivity index (χ2n) is 8.62. The second kappa shape index (κ2) is 7.51. The second-order valence-corrected chi connectivity index (χ2v) is 8.62. The summed E-state index contributed by atoms with van der Waals surface area (Å²) in [4.78, 5) is 14.6. The van der Waals surface area contributed by atoms with Gasteiger partial charge in [-0.3, -0.25) is 4.79 Å². The summed E-state index contributed by atoms with van der Waals surface area (Å²) in [5.74, 6) is 0.198. The topological polar surface area (TPSA) is 82.0 Å². The lowest BCUT2D eigenvalue weighted by atomic mass is 9.80. The normalized spacial score (nSPS) is 38.7. The average Bonchev–Trinajstić information content (AvgIpc) is 2.68. The predicted molar refractivity (Wildman–Crippen MR) is 95.2 cm³/mol. The number of hydrogen-bond acceptors (Lipinski definition) is 5. The number of piperidine rings is 1. The minimum Gasteiger partial charge on any atom is -0.389 e. The Morgan fingerprint density at radius 3 is 2.68 bits per heavy atom. The standard InChI is InChI=1S/C19H34N2O4/c1-18(23)10-14-12-21(9-6-15(14)25-13-16(18)20-2)17(22)11-19(24)7-4-3-5-8-19/h14-16,20,23-24H,3-13H2,1-2H3/t14-,15+,16+,18+/m0/s1. The average molecular weight is 354 g/mol. The van der Waals surface area contributed by atoms with Gasteiger partial charge in [-0.2, -0.15) is 0 Å². The number of likely N-dealkylation sites (N-methyl/N-ethyl adjacent to an activating group) is 1. The molecule has 0 unspecified atom stereocenters. The molecule has 0 bridgehead atoms. The lowest BCUT2D eigenvalue weighted by Gasteiger charge is -2.40. The van der Waals surface area contributed by atoms with Crippen molar-refractivity contribution in [3.63, 3.8) is 0 Å². The fourth-order valence-corrected chi connectivity index (χ4v) is 4.90. The van der Waals surface area contributed by atoms with Crippen LogP contribution in [0.15, 0.2) is 0 Å². The van der Waals surface area contributed by atoms with E-state index in [1.165, 1.54) is 0 Å². The molecule has 1 saturated carbocycles. The summed E-state index contributed by atoms with van der Waals surface area (Å²) >= 11 is 0. The highest BCUT2D eigenvalue weighted by Gasteiger charge is 2.44. The molecule has 2 aliphatic heterocycles. The van der Waals surface area contributed by atoms with Crippen molar-refractivity contribution in [2.24, 2.45) is 5.92 Å². The minimum atomic E-state index is -0.845. The summed E-state index contributed by atoms with van der Waals surface area (Å²) in [6.45, 7) is 3.65. The number of carbonyl (C=O) groups is 1. The molecule has 1 aliphatic carbocycles. The molecule has 3 rings (SSSR count). The lowest BCUT2D eigenvalue weighted by Crippen LogP contribution is -2.51. The van der Waals surface area contributed by atoms with Crippen molar-refractivity contribution < 1.29 is 19.7 Å². The van der Waals surface area contributed by atoms with Crippen LogP contribution in [-0.2, 0) is 9.53 Å². The largest absolute Gasteiger partial charge is 0.389 e. The lowest BCUT2D eigenvalue weighted by molar-refractivity contribution is -0.142. The molecule has 0 aromatic carbocycles. The van der Waals surface area contributed by atoms with Gasteiger partial charge >= 0.3 is 0 Å². The first-order valence-corrected chi connectivity index (χ1v) is 9.84. The summed E-state index contributed by atoms with van der Waals surface area (Å²) in [6.07, 6.45) is 6.42. The van der Waals surface area contributed by atoms with Gasteiger partial charge in [-0.1, -0.05) is 19.3 Å². The summed E-state index contributed by atoms with van der Waals surface area (Å²) in [7, 11) is 1.85. The Morgan fingerprint density at radius 1 is 1.28 bits per heavy atom. The monoisotopic (exact) mass is 354 g/mol. The molecule has 3 aliphatic rings. The number of nitrogens with zero attached hydrogens (tertiary/aromatic N) is 1. The van der Waals surface area contributed by atoms with E-state index in [0.29, 0.717) is 26.1 Å². The van der Waals surface area contributed by atoms with E-state index in [4.69, 9.17) is 4.74 Å². The van der Waals surface area contributed by atoms with Crippen LogP contribution in [0.25, 0.3) is 0 Å². The number of nitrogens with one attached hydrogen (secondary N) is 1. The van der Waals surface area contributed by atoms with Crippen molar-refractivity contribution in [3.05, 3.63) is 0 Å². The fraction of sp³-hybridized carbons (Fsp3) is 0.947. The molecular formula is C19H34N2O4. The van der Waals surface area contributed by atoms with Crippen LogP contribution in [-0.4, -0.2) is 71.1 Å². The zero-order valence-corrected chi connectivity index (χ0v) is 15.7. The van der Waals surface area contributed by atoms with Crippen LogP contribution in [0.4, 0.5) is 0 Å². The molecule has 0 spiro atoms. The van der Waals surface area contributed by atoms with Gasteiger partial charge in [-0.15, -0.1) is 0 Å². The molecule has 144 valence electrons. The molecular weight excluding hydrogens is 320 g/mol. The highest BCUT2D eigenvalue weighted by Crippen LogP contribution is 2.35. The summed E-state index contributed by atoms with van der Waals surface area (Å²) in [6, 6.07) is -0.0924. The number of hydrogen-bond donors (Lipinski definition) is 3. The summed E-state index contributed by atoms with van der Waals surface area (Å²) < 4.78 is 6.03. The number of likely N-dealkylation sites (tertiary alicyclic amines) is 1. The molecule has 3 N–H and O–H groups in total. The van der Waals surface area contributed by atoms with Crippen LogP contribution < -0.4 is 5.32 Å². The maximum absolute atomic E-state index is 12.8. The Morgan fingerprint density at radius 2 is 2.00 bits per heavy atom. The molecule has 0 aromatic rings. The number of carbonyl (C=O) groups excluding carboxylic acids is 1. The maximum Gasteiger partial charge on any atom is 0.225 e. The van der Waals surface area contributed by atoms with Crippen molar-refractivity contribution in [2.45, 2.75) is 81.6 Å². The van der Waals surface area contributed by atoms with Crippen molar-refractivity contribution in [1.82, 2.24) is 10.2 Å². The zero-order valence-electron chi connectivity index (χ0n) is 15.7. The summed E-state index contributed by atoms with van der Waals surface area (Å²) in [5, 5.41) is 24.6. The van der Waals surface area contributed by atoms with Crippen LogP contribution in [0.1, 0.15) is 58.3 Å². The number of rotatable bonds is 3. The maximum atomic E-state index is 12.8. The van der Waals surface area contributed by atoms with Crippen LogP contribution in [0, 0.1) is 5.92 Å².